The van der Waals surface area contributed by atoms with Crippen molar-refractivity contribution < 1.29 is 30.0 Å². The summed E-state index contributed by atoms with van der Waals surface area (Å²) in [7, 11) is -6.56. The number of nitrogens with zero attached hydrogens (tertiary/aromatic N) is 1. The Morgan fingerprint density at radius 1 is 0.892 bits per heavy atom. The van der Waals surface area contributed by atoms with Gasteiger partial charge in [-0.15, -0.1) is 0 Å². The van der Waals surface area contributed by atoms with Crippen LogP contribution in [0.25, 0.3) is 0 Å². The predicted molar refractivity (Wildman–Crippen MR) is 138 cm³/mol. The van der Waals surface area contributed by atoms with Crippen LogP contribution in [0, 0.1) is 17.5 Å². The van der Waals surface area contributed by atoms with Gasteiger partial charge >= 0.3 is 0 Å². The number of unbranched alkanes of at least 4 members (excludes halogenated alkanes) is 1. The molecule has 3 aromatic rings. The first-order valence-electron chi connectivity index (χ1n) is 11.3. The highest BCUT2D eigenvalue weighted by Crippen LogP contribution is 2.37. The standard InChI is InChI=1S/C25H26ClF3N2O4S2/c1-17(23-12-8-20(27)15-18(23)5-3-4-14-36(32,33)30-2)31(25-16-21(28)9-13-24(25)29)37(34,35)22-10-6-19(26)7-11-22/h6-13,15-17,30H,3-5,14H2,1-2H3/t17-/m1/s1. The highest BCUT2D eigenvalue weighted by molar-refractivity contribution is 7.92. The molecule has 0 aliphatic heterocycles. The number of hydrogen-bond donors (Lipinski definition) is 1. The number of benzene rings is 3. The van der Waals surface area contributed by atoms with Crippen LogP contribution in [-0.4, -0.2) is 29.6 Å². The maximum Gasteiger partial charge on any atom is 0.264 e. The molecule has 0 aromatic heterocycles. The van der Waals surface area contributed by atoms with Crippen LogP contribution in [0.5, 0.6) is 0 Å². The minimum atomic E-state index is -4.45. The van der Waals surface area contributed by atoms with Gasteiger partial charge in [0.1, 0.15) is 17.5 Å². The summed E-state index contributed by atoms with van der Waals surface area (Å²) in [6, 6.07) is 10.4. The van der Waals surface area contributed by atoms with Crippen molar-refractivity contribution in [3.8, 4) is 0 Å². The summed E-state index contributed by atoms with van der Waals surface area (Å²) in [5.41, 5.74) is 0.263. The molecule has 0 spiro atoms. The molecule has 3 rings (SSSR count). The van der Waals surface area contributed by atoms with Crippen LogP contribution in [0.15, 0.2) is 65.6 Å². The summed E-state index contributed by atoms with van der Waals surface area (Å²) >= 11 is 5.90. The summed E-state index contributed by atoms with van der Waals surface area (Å²) in [5, 5.41) is 0.289. The van der Waals surface area contributed by atoms with Gasteiger partial charge in [0.15, 0.2) is 0 Å². The molecule has 0 saturated carbocycles. The molecule has 0 fully saturated rings. The van der Waals surface area contributed by atoms with Crippen LogP contribution in [0.4, 0.5) is 18.9 Å². The Bertz CT molecular complexity index is 1470. The van der Waals surface area contributed by atoms with Crippen molar-refractivity contribution in [2.24, 2.45) is 0 Å². The summed E-state index contributed by atoms with van der Waals surface area (Å²) in [6.45, 7) is 1.49. The molecule has 12 heteroatoms. The number of sulfonamides is 2. The first-order valence-corrected chi connectivity index (χ1v) is 14.8. The molecule has 1 atom stereocenters. The van der Waals surface area contributed by atoms with Gasteiger partial charge in [-0.2, -0.15) is 0 Å². The normalized spacial score (nSPS) is 12.9. The van der Waals surface area contributed by atoms with E-state index in [-0.39, 0.29) is 28.5 Å². The third kappa shape index (κ3) is 7.04. The van der Waals surface area contributed by atoms with Crippen molar-refractivity contribution in [2.45, 2.75) is 37.1 Å². The van der Waals surface area contributed by atoms with Gasteiger partial charge in [-0.3, -0.25) is 4.31 Å². The van der Waals surface area contributed by atoms with E-state index in [1.165, 1.54) is 50.4 Å². The molecule has 37 heavy (non-hydrogen) atoms. The average Bonchev–Trinajstić information content (AvgIpc) is 2.84. The maximum atomic E-state index is 14.9. The van der Waals surface area contributed by atoms with Gasteiger partial charge in [0.25, 0.3) is 10.0 Å². The van der Waals surface area contributed by atoms with Gasteiger partial charge in [0, 0.05) is 11.1 Å². The van der Waals surface area contributed by atoms with Gasteiger partial charge in [0.05, 0.1) is 22.4 Å². The third-order valence-corrected chi connectivity index (χ3v) is 9.44. The fraction of sp³-hybridized carbons (Fsp3) is 0.280. The van der Waals surface area contributed by atoms with Crippen LogP contribution in [0.1, 0.15) is 36.9 Å². The molecule has 0 aliphatic rings. The molecule has 0 saturated heterocycles. The van der Waals surface area contributed by atoms with Gasteiger partial charge in [-0.25, -0.2) is 34.7 Å². The summed E-state index contributed by atoms with van der Waals surface area (Å²) in [4.78, 5) is -0.201. The van der Waals surface area contributed by atoms with Crippen molar-refractivity contribution >= 4 is 37.3 Å². The Hall–Kier alpha value is -2.60. The molecule has 6 nitrogen and oxygen atoms in total. The molecule has 0 amide bonds. The molecular weight excluding hydrogens is 549 g/mol. The van der Waals surface area contributed by atoms with Crippen molar-refractivity contribution in [3.63, 3.8) is 0 Å². The molecular formula is C25H26ClF3N2O4S2. The van der Waals surface area contributed by atoms with Crippen molar-refractivity contribution in [3.05, 3.63) is 94.3 Å². The second kappa shape index (κ2) is 11.8. The van der Waals surface area contributed by atoms with E-state index in [1.54, 1.807) is 0 Å². The topological polar surface area (TPSA) is 83.6 Å². The molecule has 3 aromatic carbocycles. The second-order valence-electron chi connectivity index (χ2n) is 8.35. The van der Waals surface area contributed by atoms with Crippen molar-refractivity contribution in [2.75, 3.05) is 17.1 Å². The number of aryl methyl sites for hydroxylation is 1. The molecule has 1 N–H and O–H groups in total. The molecule has 0 radical (unpaired) electrons. The zero-order valence-corrected chi connectivity index (χ0v) is 22.5. The lowest BCUT2D eigenvalue weighted by atomic mass is 9.97. The van der Waals surface area contributed by atoms with E-state index in [4.69, 9.17) is 11.6 Å². The number of hydrogen-bond acceptors (Lipinski definition) is 4. The number of halogens is 4. The maximum absolute atomic E-state index is 14.9. The Balaban J connectivity index is 2.07. The monoisotopic (exact) mass is 574 g/mol. The summed E-state index contributed by atoms with van der Waals surface area (Å²) in [6.07, 6.45) is 0.873. The lowest BCUT2D eigenvalue weighted by molar-refractivity contribution is 0.568. The zero-order valence-electron chi connectivity index (χ0n) is 20.1. The van der Waals surface area contributed by atoms with E-state index in [0.717, 1.165) is 28.6 Å². The van der Waals surface area contributed by atoms with E-state index in [0.29, 0.717) is 17.5 Å². The zero-order chi connectivity index (χ0) is 27.4. The number of nitrogens with one attached hydrogen (secondary N) is 1. The van der Waals surface area contributed by atoms with E-state index < -0.39 is 49.2 Å². The Labute approximate surface area is 220 Å². The lowest BCUT2D eigenvalue weighted by Crippen LogP contribution is -2.35. The first kappa shape index (κ1) is 29.0. The van der Waals surface area contributed by atoms with Crippen molar-refractivity contribution in [1.29, 1.82) is 0 Å². The Morgan fingerprint density at radius 3 is 2.16 bits per heavy atom. The van der Waals surface area contributed by atoms with E-state index in [9.17, 15) is 30.0 Å². The van der Waals surface area contributed by atoms with Gasteiger partial charge < -0.3 is 0 Å². The second-order valence-corrected chi connectivity index (χ2v) is 12.6. The molecule has 0 heterocycles. The Kier molecular flexibility index (Phi) is 9.27. The predicted octanol–water partition coefficient (Wildman–Crippen LogP) is 5.59. The fourth-order valence-corrected chi connectivity index (χ4v) is 6.51. The van der Waals surface area contributed by atoms with E-state index in [2.05, 4.69) is 4.72 Å². The van der Waals surface area contributed by atoms with E-state index in [1.807, 2.05) is 0 Å². The molecule has 200 valence electrons. The van der Waals surface area contributed by atoms with Gasteiger partial charge in [-0.05, 0) is 92.9 Å². The summed E-state index contributed by atoms with van der Waals surface area (Å²) < 4.78 is 97.2. The number of rotatable bonds is 11. The third-order valence-electron chi connectivity index (χ3n) is 5.84. The minimum Gasteiger partial charge on any atom is -0.256 e. The van der Waals surface area contributed by atoms with Gasteiger partial charge in [0.2, 0.25) is 10.0 Å². The average molecular weight is 575 g/mol. The largest absolute Gasteiger partial charge is 0.264 e. The first-order chi connectivity index (χ1) is 17.4. The SMILES string of the molecule is CNS(=O)(=O)CCCCc1cc(F)ccc1[C@@H](C)N(c1cc(F)ccc1F)S(=O)(=O)c1ccc(Cl)cc1. The molecule has 0 unspecified atom stereocenters. The van der Waals surface area contributed by atoms with Crippen LogP contribution >= 0.6 is 11.6 Å². The summed E-state index contributed by atoms with van der Waals surface area (Å²) in [5.74, 6) is -2.51. The van der Waals surface area contributed by atoms with Crippen LogP contribution < -0.4 is 9.03 Å². The smallest absolute Gasteiger partial charge is 0.256 e. The lowest BCUT2D eigenvalue weighted by Gasteiger charge is -2.32. The van der Waals surface area contributed by atoms with Crippen LogP contribution in [-0.2, 0) is 26.5 Å². The highest BCUT2D eigenvalue weighted by atomic mass is 35.5. The van der Waals surface area contributed by atoms with E-state index >= 15 is 0 Å². The molecule has 0 aliphatic carbocycles. The number of anilines is 1. The quantitative estimate of drug-likeness (QED) is 0.303. The highest BCUT2D eigenvalue weighted by Gasteiger charge is 2.33. The molecule has 0 bridgehead atoms. The van der Waals surface area contributed by atoms with Crippen molar-refractivity contribution in [1.82, 2.24) is 4.72 Å². The van der Waals surface area contributed by atoms with Crippen LogP contribution in [0.2, 0.25) is 5.02 Å². The Morgan fingerprint density at radius 2 is 1.51 bits per heavy atom. The fourth-order valence-electron chi connectivity index (χ4n) is 3.96. The van der Waals surface area contributed by atoms with Gasteiger partial charge in [-0.1, -0.05) is 17.7 Å². The minimum absolute atomic E-state index is 0.130. The van der Waals surface area contributed by atoms with Crippen LogP contribution in [0.3, 0.4) is 0 Å².